The van der Waals surface area contributed by atoms with Crippen molar-refractivity contribution in [2.75, 3.05) is 31.2 Å². The number of morpholine rings is 1. The molecule has 17 heavy (non-hydrogen) atoms. The van der Waals surface area contributed by atoms with E-state index in [9.17, 15) is 0 Å². The van der Waals surface area contributed by atoms with Gasteiger partial charge in [-0.25, -0.2) is 0 Å². The SMILES string of the molecule is Cc1cc(N2CCOC(CO)C2)ccc1C#N. The fraction of sp³-hybridized carbons (Fsp3) is 0.462. The Balaban J connectivity index is 2.17. The smallest absolute Gasteiger partial charge is 0.0994 e. The zero-order valence-electron chi connectivity index (χ0n) is 9.89. The van der Waals surface area contributed by atoms with E-state index in [1.54, 1.807) is 0 Å². The summed E-state index contributed by atoms with van der Waals surface area (Å²) in [7, 11) is 0. The van der Waals surface area contributed by atoms with Crippen LogP contribution in [0.4, 0.5) is 5.69 Å². The molecule has 0 aromatic heterocycles. The van der Waals surface area contributed by atoms with Gasteiger partial charge in [-0.3, -0.25) is 0 Å². The standard InChI is InChI=1S/C13H16N2O2/c1-10-6-12(3-2-11(10)7-14)15-4-5-17-13(8-15)9-16/h2-3,6,13,16H,4-5,8-9H2,1H3. The van der Waals surface area contributed by atoms with Crippen molar-refractivity contribution in [1.82, 2.24) is 0 Å². The molecular formula is C13H16N2O2. The van der Waals surface area contributed by atoms with Crippen molar-refractivity contribution in [2.45, 2.75) is 13.0 Å². The predicted octanol–water partition coefficient (Wildman–Crippen LogP) is 1.06. The normalized spacial score (nSPS) is 20.1. The van der Waals surface area contributed by atoms with Gasteiger partial charge in [0.1, 0.15) is 0 Å². The third-order valence-electron chi connectivity index (χ3n) is 3.04. The fourth-order valence-electron chi connectivity index (χ4n) is 2.03. The van der Waals surface area contributed by atoms with Crippen LogP contribution in [0, 0.1) is 18.3 Å². The molecule has 1 N–H and O–H groups in total. The minimum absolute atomic E-state index is 0.0474. The van der Waals surface area contributed by atoms with Crippen molar-refractivity contribution < 1.29 is 9.84 Å². The lowest BCUT2D eigenvalue weighted by molar-refractivity contribution is 0.00356. The second-order valence-electron chi connectivity index (χ2n) is 4.23. The average Bonchev–Trinajstić information content (AvgIpc) is 2.38. The number of benzene rings is 1. The number of anilines is 1. The molecule has 0 radical (unpaired) electrons. The second kappa shape index (κ2) is 5.17. The Hall–Kier alpha value is -1.57. The van der Waals surface area contributed by atoms with Gasteiger partial charge in [0, 0.05) is 18.8 Å². The number of hydrogen-bond acceptors (Lipinski definition) is 4. The van der Waals surface area contributed by atoms with Gasteiger partial charge < -0.3 is 14.7 Å². The third-order valence-corrected chi connectivity index (χ3v) is 3.04. The molecule has 4 nitrogen and oxygen atoms in total. The summed E-state index contributed by atoms with van der Waals surface area (Å²) in [6.07, 6.45) is -0.111. The highest BCUT2D eigenvalue weighted by molar-refractivity contribution is 5.53. The summed E-state index contributed by atoms with van der Waals surface area (Å²) in [4.78, 5) is 2.18. The highest BCUT2D eigenvalue weighted by Gasteiger charge is 2.20. The molecule has 1 fully saturated rings. The van der Waals surface area contributed by atoms with E-state index < -0.39 is 0 Å². The maximum absolute atomic E-state index is 9.10. The summed E-state index contributed by atoms with van der Waals surface area (Å²) in [6, 6.07) is 7.97. The number of aliphatic hydroxyl groups is 1. The summed E-state index contributed by atoms with van der Waals surface area (Å²) in [6.45, 7) is 4.13. The molecule has 1 aliphatic rings. The van der Waals surface area contributed by atoms with E-state index in [1.807, 2.05) is 25.1 Å². The topological polar surface area (TPSA) is 56.5 Å². The number of aliphatic hydroxyl groups excluding tert-OH is 1. The van der Waals surface area contributed by atoms with Crippen LogP contribution in [0.3, 0.4) is 0 Å². The highest BCUT2D eigenvalue weighted by atomic mass is 16.5. The molecule has 0 bridgehead atoms. The van der Waals surface area contributed by atoms with Gasteiger partial charge in [0.2, 0.25) is 0 Å². The molecule has 1 aromatic carbocycles. The molecule has 4 heteroatoms. The van der Waals surface area contributed by atoms with Gasteiger partial charge in [-0.05, 0) is 30.7 Å². The summed E-state index contributed by atoms with van der Waals surface area (Å²) < 4.78 is 5.41. The van der Waals surface area contributed by atoms with Crippen LogP contribution in [0.1, 0.15) is 11.1 Å². The van der Waals surface area contributed by atoms with E-state index in [2.05, 4.69) is 11.0 Å². The molecule has 0 saturated carbocycles. The van der Waals surface area contributed by atoms with Crippen molar-refractivity contribution in [3.63, 3.8) is 0 Å². The molecule has 1 aromatic rings. The van der Waals surface area contributed by atoms with Crippen LogP contribution in [-0.2, 0) is 4.74 Å². The summed E-state index contributed by atoms with van der Waals surface area (Å²) in [5.74, 6) is 0. The van der Waals surface area contributed by atoms with Crippen molar-refractivity contribution in [3.05, 3.63) is 29.3 Å². The molecule has 0 amide bonds. The first kappa shape index (κ1) is 11.9. The molecule has 2 rings (SSSR count). The Morgan fingerprint density at radius 2 is 2.41 bits per heavy atom. The summed E-state index contributed by atoms with van der Waals surface area (Å²) >= 11 is 0. The number of rotatable bonds is 2. The first-order chi connectivity index (χ1) is 8.24. The first-order valence-corrected chi connectivity index (χ1v) is 5.72. The summed E-state index contributed by atoms with van der Waals surface area (Å²) in [5, 5.41) is 18.0. The highest BCUT2D eigenvalue weighted by Crippen LogP contribution is 2.21. The maximum Gasteiger partial charge on any atom is 0.0994 e. The van der Waals surface area contributed by atoms with Gasteiger partial charge in [0.25, 0.3) is 0 Å². The molecule has 0 aliphatic carbocycles. The quantitative estimate of drug-likeness (QED) is 0.828. The number of hydrogen-bond donors (Lipinski definition) is 1. The summed E-state index contributed by atoms with van der Waals surface area (Å²) in [5.41, 5.74) is 2.78. The Labute approximate surface area is 101 Å². The van der Waals surface area contributed by atoms with Crippen LogP contribution < -0.4 is 4.90 Å². The Bertz CT molecular complexity index is 440. The number of nitrogens with zero attached hydrogens (tertiary/aromatic N) is 2. The fourth-order valence-corrected chi connectivity index (χ4v) is 2.03. The van der Waals surface area contributed by atoms with Crippen LogP contribution in [0.15, 0.2) is 18.2 Å². The van der Waals surface area contributed by atoms with E-state index in [0.717, 1.165) is 17.8 Å². The Morgan fingerprint density at radius 3 is 3.06 bits per heavy atom. The molecule has 1 aliphatic heterocycles. The van der Waals surface area contributed by atoms with Crippen LogP contribution in [0.5, 0.6) is 0 Å². The van der Waals surface area contributed by atoms with E-state index in [0.29, 0.717) is 18.7 Å². The van der Waals surface area contributed by atoms with Gasteiger partial charge in [0.05, 0.1) is 31.0 Å². The van der Waals surface area contributed by atoms with Gasteiger partial charge in [-0.2, -0.15) is 5.26 Å². The third kappa shape index (κ3) is 2.57. The zero-order valence-corrected chi connectivity index (χ0v) is 9.89. The van der Waals surface area contributed by atoms with Gasteiger partial charge in [0.15, 0.2) is 0 Å². The Kier molecular flexibility index (Phi) is 3.62. The predicted molar refractivity (Wildman–Crippen MR) is 64.9 cm³/mol. The zero-order chi connectivity index (χ0) is 12.3. The van der Waals surface area contributed by atoms with Crippen molar-refractivity contribution in [1.29, 1.82) is 5.26 Å². The monoisotopic (exact) mass is 232 g/mol. The van der Waals surface area contributed by atoms with Gasteiger partial charge >= 0.3 is 0 Å². The number of nitriles is 1. The van der Waals surface area contributed by atoms with E-state index in [1.165, 1.54) is 0 Å². The van der Waals surface area contributed by atoms with Crippen LogP contribution >= 0.6 is 0 Å². The number of aryl methyl sites for hydroxylation is 1. The first-order valence-electron chi connectivity index (χ1n) is 5.72. The molecule has 90 valence electrons. The molecule has 1 saturated heterocycles. The van der Waals surface area contributed by atoms with E-state index >= 15 is 0 Å². The van der Waals surface area contributed by atoms with Gasteiger partial charge in [-0.1, -0.05) is 0 Å². The minimum Gasteiger partial charge on any atom is -0.394 e. The lowest BCUT2D eigenvalue weighted by Crippen LogP contribution is -2.44. The molecule has 0 spiro atoms. The minimum atomic E-state index is -0.111. The molecule has 1 atom stereocenters. The Morgan fingerprint density at radius 1 is 1.59 bits per heavy atom. The lowest BCUT2D eigenvalue weighted by Gasteiger charge is -2.33. The van der Waals surface area contributed by atoms with Gasteiger partial charge in [-0.15, -0.1) is 0 Å². The van der Waals surface area contributed by atoms with Crippen LogP contribution in [0.25, 0.3) is 0 Å². The lowest BCUT2D eigenvalue weighted by atomic mass is 10.1. The van der Waals surface area contributed by atoms with Crippen LogP contribution in [0.2, 0.25) is 0 Å². The average molecular weight is 232 g/mol. The van der Waals surface area contributed by atoms with Crippen molar-refractivity contribution in [3.8, 4) is 6.07 Å². The van der Waals surface area contributed by atoms with Crippen LogP contribution in [-0.4, -0.2) is 37.5 Å². The second-order valence-corrected chi connectivity index (χ2v) is 4.23. The van der Waals surface area contributed by atoms with E-state index in [-0.39, 0.29) is 12.7 Å². The van der Waals surface area contributed by atoms with E-state index in [4.69, 9.17) is 15.1 Å². The number of ether oxygens (including phenoxy) is 1. The molecule has 1 heterocycles. The van der Waals surface area contributed by atoms with Crippen molar-refractivity contribution in [2.24, 2.45) is 0 Å². The largest absolute Gasteiger partial charge is 0.394 e. The molecular weight excluding hydrogens is 216 g/mol. The van der Waals surface area contributed by atoms with Crippen molar-refractivity contribution >= 4 is 5.69 Å². The molecule has 1 unspecified atom stereocenters. The maximum atomic E-state index is 9.10.